The van der Waals surface area contributed by atoms with Crippen molar-refractivity contribution in [3.05, 3.63) is 69.6 Å². The van der Waals surface area contributed by atoms with Crippen molar-refractivity contribution in [3.8, 4) is 0 Å². The monoisotopic (exact) mass is 243 g/mol. The van der Waals surface area contributed by atoms with Crippen LogP contribution in [0.3, 0.4) is 0 Å². The van der Waals surface area contributed by atoms with Crippen LogP contribution in [-0.4, -0.2) is 15.8 Å². The molecule has 1 aromatic heterocycles. The second-order valence-electron chi connectivity index (χ2n) is 4.15. The molecule has 1 aromatic carbocycles. The fourth-order valence-electron chi connectivity index (χ4n) is 1.75. The van der Waals surface area contributed by atoms with E-state index in [1.807, 2.05) is 31.2 Å². The van der Waals surface area contributed by atoms with E-state index in [4.69, 9.17) is 5.11 Å². The lowest BCUT2D eigenvalue weighted by atomic mass is 10.1. The minimum absolute atomic E-state index is 0.438. The van der Waals surface area contributed by atoms with E-state index in [1.54, 1.807) is 12.1 Å². The third kappa shape index (κ3) is 2.48. The molecule has 4 heteroatoms. The van der Waals surface area contributed by atoms with Gasteiger partial charge in [0.25, 0.3) is 5.56 Å². The number of aromatic nitrogens is 1. The fraction of sp³-hybridized carbons (Fsp3) is 0.143. The van der Waals surface area contributed by atoms with Gasteiger partial charge < -0.3 is 5.11 Å². The molecule has 0 atom stereocenters. The number of nitrogens with zero attached hydrogens (tertiary/aromatic N) is 1. The topological polar surface area (TPSA) is 59.3 Å². The molecule has 0 radical (unpaired) electrons. The maximum atomic E-state index is 11.9. The van der Waals surface area contributed by atoms with Crippen LogP contribution in [0.15, 0.2) is 47.4 Å². The lowest BCUT2D eigenvalue weighted by Crippen LogP contribution is -2.27. The van der Waals surface area contributed by atoms with Crippen molar-refractivity contribution < 1.29 is 9.90 Å². The highest BCUT2D eigenvalue weighted by atomic mass is 16.4. The van der Waals surface area contributed by atoms with Gasteiger partial charge in [-0.25, -0.2) is 9.36 Å². The van der Waals surface area contributed by atoms with Gasteiger partial charge in [-0.2, -0.15) is 0 Å². The maximum absolute atomic E-state index is 11.9. The molecule has 0 aliphatic carbocycles. The summed E-state index contributed by atoms with van der Waals surface area (Å²) in [6, 6.07) is 11.0. The molecule has 0 saturated heterocycles. The summed E-state index contributed by atoms with van der Waals surface area (Å²) in [5.74, 6) is 0. The van der Waals surface area contributed by atoms with Gasteiger partial charge >= 0.3 is 6.09 Å². The molecule has 0 unspecified atom stereocenters. The van der Waals surface area contributed by atoms with Crippen molar-refractivity contribution in [2.45, 2.75) is 13.3 Å². The summed E-state index contributed by atoms with van der Waals surface area (Å²) in [4.78, 5) is 22.7. The molecule has 0 bridgehead atoms. The lowest BCUT2D eigenvalue weighted by molar-refractivity contribution is 0.195. The number of pyridine rings is 1. The number of aryl methyl sites for hydroxylation is 1. The number of hydrogen-bond donors (Lipinski definition) is 1. The van der Waals surface area contributed by atoms with Crippen LogP contribution in [0.1, 0.15) is 16.7 Å². The van der Waals surface area contributed by atoms with Crippen molar-refractivity contribution in [1.29, 1.82) is 0 Å². The molecule has 0 spiro atoms. The van der Waals surface area contributed by atoms with Gasteiger partial charge in [0.1, 0.15) is 0 Å². The number of hydrogen-bond acceptors (Lipinski definition) is 2. The zero-order valence-electron chi connectivity index (χ0n) is 9.96. The Kier molecular flexibility index (Phi) is 3.28. The summed E-state index contributed by atoms with van der Waals surface area (Å²) < 4.78 is 0.698. The van der Waals surface area contributed by atoms with Gasteiger partial charge in [0.2, 0.25) is 0 Å². The van der Waals surface area contributed by atoms with Crippen LogP contribution in [0.4, 0.5) is 4.79 Å². The van der Waals surface area contributed by atoms with E-state index < -0.39 is 11.7 Å². The summed E-state index contributed by atoms with van der Waals surface area (Å²) in [5.41, 5.74) is 2.13. The summed E-state index contributed by atoms with van der Waals surface area (Å²) in [5, 5.41) is 8.86. The highest BCUT2D eigenvalue weighted by Gasteiger charge is 2.08. The van der Waals surface area contributed by atoms with Gasteiger partial charge in [-0.15, -0.1) is 0 Å². The van der Waals surface area contributed by atoms with Crippen molar-refractivity contribution in [3.63, 3.8) is 0 Å². The largest absolute Gasteiger partial charge is 0.464 e. The summed E-state index contributed by atoms with van der Waals surface area (Å²) >= 11 is 0. The quantitative estimate of drug-likeness (QED) is 0.880. The Hall–Kier alpha value is -2.36. The van der Waals surface area contributed by atoms with Crippen LogP contribution in [0.2, 0.25) is 0 Å². The first-order chi connectivity index (χ1) is 8.58. The van der Waals surface area contributed by atoms with Crippen LogP contribution in [0, 0.1) is 6.92 Å². The van der Waals surface area contributed by atoms with Crippen molar-refractivity contribution >= 4 is 6.09 Å². The number of carboxylic acid groups (broad SMARTS) is 1. The van der Waals surface area contributed by atoms with Gasteiger partial charge in [-0.1, -0.05) is 35.9 Å². The van der Waals surface area contributed by atoms with E-state index in [0.717, 1.165) is 11.1 Å². The van der Waals surface area contributed by atoms with Crippen LogP contribution in [0.5, 0.6) is 0 Å². The average molecular weight is 243 g/mol. The SMILES string of the molecule is Cc1ccc(Cc2cccn(C(=O)O)c2=O)cc1. The molecular formula is C14H13NO3. The first-order valence-electron chi connectivity index (χ1n) is 5.57. The van der Waals surface area contributed by atoms with E-state index in [1.165, 1.54) is 6.20 Å². The van der Waals surface area contributed by atoms with Gasteiger partial charge in [-0.3, -0.25) is 4.79 Å². The third-order valence-electron chi connectivity index (χ3n) is 2.75. The molecule has 0 aliphatic rings. The van der Waals surface area contributed by atoms with Gasteiger partial charge in [0.05, 0.1) is 0 Å². The average Bonchev–Trinajstić information content (AvgIpc) is 2.34. The van der Waals surface area contributed by atoms with Crippen LogP contribution < -0.4 is 5.56 Å². The Morgan fingerprint density at radius 2 is 1.89 bits per heavy atom. The summed E-state index contributed by atoms with van der Waals surface area (Å²) in [7, 11) is 0. The molecule has 92 valence electrons. The second-order valence-corrected chi connectivity index (χ2v) is 4.15. The van der Waals surface area contributed by atoms with Gasteiger partial charge in [0.15, 0.2) is 0 Å². The molecule has 0 aliphatic heterocycles. The number of rotatable bonds is 2. The molecule has 2 rings (SSSR count). The third-order valence-corrected chi connectivity index (χ3v) is 2.75. The minimum atomic E-state index is -1.26. The van der Waals surface area contributed by atoms with Crippen LogP contribution in [0.25, 0.3) is 0 Å². The standard InChI is InChI=1S/C14H13NO3/c1-10-4-6-11(7-5-10)9-12-3-2-8-15(13(12)16)14(17)18/h2-8H,9H2,1H3,(H,17,18). The Morgan fingerprint density at radius 3 is 2.50 bits per heavy atom. The molecule has 1 N–H and O–H groups in total. The van der Waals surface area contributed by atoms with Crippen LogP contribution >= 0.6 is 0 Å². The molecule has 0 fully saturated rings. The molecule has 0 amide bonds. The maximum Gasteiger partial charge on any atom is 0.418 e. The van der Waals surface area contributed by atoms with Crippen LogP contribution in [-0.2, 0) is 6.42 Å². The number of carbonyl (C=O) groups is 1. The Labute approximate surface area is 104 Å². The first kappa shape index (κ1) is 12.1. The normalized spacial score (nSPS) is 10.3. The molecular weight excluding hydrogens is 230 g/mol. The minimum Gasteiger partial charge on any atom is -0.464 e. The molecule has 18 heavy (non-hydrogen) atoms. The van der Waals surface area contributed by atoms with E-state index in [9.17, 15) is 9.59 Å². The van der Waals surface area contributed by atoms with Gasteiger partial charge in [-0.05, 0) is 18.6 Å². The van der Waals surface area contributed by atoms with E-state index >= 15 is 0 Å². The predicted octanol–water partition coefficient (Wildman–Crippen LogP) is 2.27. The zero-order valence-corrected chi connectivity index (χ0v) is 9.96. The lowest BCUT2D eigenvalue weighted by Gasteiger charge is -2.04. The van der Waals surface area contributed by atoms with Gasteiger partial charge in [0, 0.05) is 18.2 Å². The highest BCUT2D eigenvalue weighted by molar-refractivity contribution is 5.67. The van der Waals surface area contributed by atoms with E-state index in [2.05, 4.69) is 0 Å². The number of benzene rings is 1. The Balaban J connectivity index is 2.35. The second kappa shape index (κ2) is 4.87. The predicted molar refractivity (Wildman–Crippen MR) is 68.1 cm³/mol. The molecule has 2 aromatic rings. The van der Waals surface area contributed by atoms with Crippen molar-refractivity contribution in [2.24, 2.45) is 0 Å². The van der Waals surface area contributed by atoms with Crippen molar-refractivity contribution in [2.75, 3.05) is 0 Å². The smallest absolute Gasteiger partial charge is 0.418 e. The molecule has 4 nitrogen and oxygen atoms in total. The zero-order chi connectivity index (χ0) is 13.1. The molecule has 1 heterocycles. The highest BCUT2D eigenvalue weighted by Crippen LogP contribution is 2.07. The van der Waals surface area contributed by atoms with E-state index in [-0.39, 0.29) is 0 Å². The Bertz CT molecular complexity index is 626. The molecule has 0 saturated carbocycles. The summed E-state index contributed by atoms with van der Waals surface area (Å²) in [6.07, 6.45) is 0.432. The first-order valence-corrected chi connectivity index (χ1v) is 5.57. The fourth-order valence-corrected chi connectivity index (χ4v) is 1.75. The van der Waals surface area contributed by atoms with Crippen molar-refractivity contribution in [1.82, 2.24) is 4.57 Å². The summed E-state index contributed by atoms with van der Waals surface area (Å²) in [6.45, 7) is 1.99. The Morgan fingerprint density at radius 1 is 1.22 bits per heavy atom. The van der Waals surface area contributed by atoms with E-state index in [0.29, 0.717) is 16.6 Å².